The topological polar surface area (TPSA) is 116 Å². The summed E-state index contributed by atoms with van der Waals surface area (Å²) in [6.45, 7) is 9.91. The molecule has 0 bridgehead atoms. The zero-order valence-electron chi connectivity index (χ0n) is 29.7. The Kier molecular flexibility index (Phi) is 10.8. The normalized spacial score (nSPS) is 12.8. The highest BCUT2D eigenvalue weighted by Crippen LogP contribution is 2.36. The van der Waals surface area contributed by atoms with Crippen molar-refractivity contribution in [1.82, 2.24) is 0 Å². The number of ketones is 1. The highest BCUT2D eigenvalue weighted by Gasteiger charge is 2.37. The van der Waals surface area contributed by atoms with Crippen molar-refractivity contribution in [2.45, 2.75) is 46.5 Å². The number of nitrogens with zero attached hydrogens (tertiary/aromatic N) is 1. The number of anilines is 2. The minimum Gasteiger partial charge on any atom is -0.497 e. The van der Waals surface area contributed by atoms with E-state index in [1.165, 1.54) is 10.5 Å². The van der Waals surface area contributed by atoms with Crippen LogP contribution in [0.1, 0.15) is 80.5 Å². The van der Waals surface area contributed by atoms with Crippen molar-refractivity contribution in [3.05, 3.63) is 148 Å². The number of hydrogen-bond acceptors (Lipinski definition) is 7. The number of nitrogen functional groups attached to an aromatic ring is 1. The molecule has 1 heterocycles. The summed E-state index contributed by atoms with van der Waals surface area (Å²) >= 11 is 0. The highest BCUT2D eigenvalue weighted by atomic mass is 16.5. The molecule has 1 unspecified atom stereocenters. The van der Waals surface area contributed by atoms with Gasteiger partial charge in [0.05, 0.1) is 23.9 Å². The molecule has 5 aromatic rings. The van der Waals surface area contributed by atoms with Crippen molar-refractivity contribution in [3.63, 3.8) is 0 Å². The summed E-state index contributed by atoms with van der Waals surface area (Å²) in [5.41, 5.74) is 12.1. The first kappa shape index (κ1) is 36.3. The van der Waals surface area contributed by atoms with Gasteiger partial charge in [0, 0.05) is 29.0 Å². The molecule has 0 saturated carbocycles. The second kappa shape index (κ2) is 15.3. The van der Waals surface area contributed by atoms with Crippen LogP contribution >= 0.6 is 0 Å². The number of carbonyl (C=O) groups is 4. The maximum Gasteiger partial charge on any atom is 0.266 e. The standard InChI is InChI=1S/C31H27NO4.C12H15NO2/c1-20-6-5-7-23(18-20)32-29(33)27-17-16-26(19-28(27)30(32)34)36-25-14-10-22(11-15-25)31(2,3)21-8-12-24(35-4)13-9-21;1-8-3-4-10(11(13)5-8)12(15)6-9(2)7-14/h5-19H,1-4H3;3-5,7,9H,6,13H2,1-2H3. The molecular formula is C43H42N2O6. The van der Waals surface area contributed by atoms with Gasteiger partial charge < -0.3 is 20.0 Å². The second-order valence-corrected chi connectivity index (χ2v) is 13.3. The largest absolute Gasteiger partial charge is 0.497 e. The number of benzene rings is 5. The van der Waals surface area contributed by atoms with Gasteiger partial charge in [-0.3, -0.25) is 14.4 Å². The number of fused-ring (bicyclic) bond motifs is 1. The summed E-state index contributed by atoms with van der Waals surface area (Å²) in [6, 6.07) is 33.7. The fourth-order valence-corrected chi connectivity index (χ4v) is 5.92. The fourth-order valence-electron chi connectivity index (χ4n) is 5.92. The van der Waals surface area contributed by atoms with Crippen LogP contribution in [0.25, 0.3) is 0 Å². The molecule has 0 aromatic heterocycles. The maximum atomic E-state index is 13.1. The summed E-state index contributed by atoms with van der Waals surface area (Å²) in [5.74, 6) is 0.986. The zero-order valence-corrected chi connectivity index (χ0v) is 29.7. The minimum absolute atomic E-state index is 0.0768. The third-order valence-electron chi connectivity index (χ3n) is 8.99. The Morgan fingerprint density at radius 1 is 0.765 bits per heavy atom. The molecule has 8 heteroatoms. The Hall–Kier alpha value is -6.02. The summed E-state index contributed by atoms with van der Waals surface area (Å²) in [4.78, 5) is 49.4. The van der Waals surface area contributed by atoms with E-state index < -0.39 is 0 Å². The first-order chi connectivity index (χ1) is 24.3. The average Bonchev–Trinajstić information content (AvgIpc) is 3.36. The number of aryl methyl sites for hydroxylation is 2. The molecule has 1 aliphatic rings. The molecule has 1 aliphatic heterocycles. The van der Waals surface area contributed by atoms with Crippen molar-refractivity contribution >= 4 is 35.3 Å². The molecule has 0 fully saturated rings. The number of ether oxygens (including phenoxy) is 2. The van der Waals surface area contributed by atoms with Gasteiger partial charge in [-0.25, -0.2) is 4.90 Å². The number of imide groups is 1. The zero-order chi connectivity index (χ0) is 36.9. The molecule has 2 amide bonds. The van der Waals surface area contributed by atoms with E-state index >= 15 is 0 Å². The van der Waals surface area contributed by atoms with Crippen LogP contribution in [0, 0.1) is 19.8 Å². The van der Waals surface area contributed by atoms with Gasteiger partial charge in [-0.05, 0) is 103 Å². The number of carbonyl (C=O) groups excluding carboxylic acids is 4. The Morgan fingerprint density at radius 2 is 1.35 bits per heavy atom. The van der Waals surface area contributed by atoms with Gasteiger partial charge in [-0.1, -0.05) is 63.2 Å². The summed E-state index contributed by atoms with van der Waals surface area (Å²) in [7, 11) is 1.66. The van der Waals surface area contributed by atoms with Gasteiger partial charge in [0.2, 0.25) is 0 Å². The van der Waals surface area contributed by atoms with Crippen LogP contribution < -0.4 is 20.1 Å². The number of amides is 2. The molecule has 6 rings (SSSR count). The number of rotatable bonds is 10. The molecule has 0 radical (unpaired) electrons. The number of nitrogens with two attached hydrogens (primary N) is 1. The van der Waals surface area contributed by atoms with Crippen LogP contribution in [0.5, 0.6) is 17.2 Å². The van der Waals surface area contributed by atoms with Crippen LogP contribution in [0.2, 0.25) is 0 Å². The molecule has 1 atom stereocenters. The Bertz CT molecular complexity index is 2080. The lowest BCUT2D eigenvalue weighted by Gasteiger charge is -2.26. The number of aldehydes is 1. The van der Waals surface area contributed by atoms with E-state index in [2.05, 4.69) is 26.0 Å². The SMILES string of the molecule is COc1ccc(C(C)(C)c2ccc(Oc3ccc4c(c3)C(=O)N(c3cccc(C)c3)C4=O)cc2)cc1.Cc1ccc(C(=O)CC(C)C=O)c(N)c1. The van der Waals surface area contributed by atoms with Gasteiger partial charge in [0.15, 0.2) is 5.78 Å². The lowest BCUT2D eigenvalue weighted by molar-refractivity contribution is -0.110. The molecule has 5 aromatic carbocycles. The van der Waals surface area contributed by atoms with Crippen molar-refractivity contribution in [2.24, 2.45) is 5.92 Å². The minimum atomic E-state index is -0.345. The molecule has 0 spiro atoms. The van der Waals surface area contributed by atoms with Crippen LogP contribution in [-0.2, 0) is 10.2 Å². The monoisotopic (exact) mass is 682 g/mol. The smallest absolute Gasteiger partial charge is 0.266 e. The molecule has 260 valence electrons. The third kappa shape index (κ3) is 8.07. The predicted molar refractivity (Wildman–Crippen MR) is 200 cm³/mol. The van der Waals surface area contributed by atoms with E-state index in [-0.39, 0.29) is 35.4 Å². The Morgan fingerprint density at radius 3 is 1.94 bits per heavy atom. The average molecular weight is 683 g/mol. The van der Waals surface area contributed by atoms with Crippen LogP contribution in [0.15, 0.2) is 109 Å². The second-order valence-electron chi connectivity index (χ2n) is 13.3. The van der Waals surface area contributed by atoms with E-state index in [4.69, 9.17) is 15.2 Å². The van der Waals surface area contributed by atoms with E-state index in [1.807, 2.05) is 74.5 Å². The molecule has 0 aliphatic carbocycles. The number of Topliss-reactive ketones (excluding diaryl/α,β-unsaturated/α-hetero) is 1. The Labute approximate surface area is 298 Å². The molecular weight excluding hydrogens is 640 g/mol. The van der Waals surface area contributed by atoms with Gasteiger partial charge in [0.25, 0.3) is 11.8 Å². The van der Waals surface area contributed by atoms with E-state index in [0.717, 1.165) is 28.7 Å². The van der Waals surface area contributed by atoms with Gasteiger partial charge in [-0.2, -0.15) is 0 Å². The number of methoxy groups -OCH3 is 1. The van der Waals surface area contributed by atoms with Gasteiger partial charge >= 0.3 is 0 Å². The van der Waals surface area contributed by atoms with Gasteiger partial charge in [-0.15, -0.1) is 0 Å². The lowest BCUT2D eigenvalue weighted by atomic mass is 9.78. The van der Waals surface area contributed by atoms with Crippen molar-refractivity contribution in [2.75, 3.05) is 17.7 Å². The van der Waals surface area contributed by atoms with Crippen LogP contribution in [-0.4, -0.2) is 31.0 Å². The van der Waals surface area contributed by atoms with Gasteiger partial charge in [0.1, 0.15) is 23.5 Å². The fraction of sp³-hybridized carbons (Fsp3) is 0.209. The van der Waals surface area contributed by atoms with Crippen molar-refractivity contribution < 1.29 is 28.7 Å². The lowest BCUT2D eigenvalue weighted by Crippen LogP contribution is -2.29. The van der Waals surface area contributed by atoms with Crippen LogP contribution in [0.3, 0.4) is 0 Å². The Balaban J connectivity index is 0.000000283. The first-order valence-electron chi connectivity index (χ1n) is 16.7. The molecule has 2 N–H and O–H groups in total. The van der Waals surface area contributed by atoms with E-state index in [9.17, 15) is 19.2 Å². The molecule has 51 heavy (non-hydrogen) atoms. The summed E-state index contributed by atoms with van der Waals surface area (Å²) in [6.07, 6.45) is 0.999. The predicted octanol–water partition coefficient (Wildman–Crippen LogP) is 8.91. The number of hydrogen-bond donors (Lipinski definition) is 1. The van der Waals surface area contributed by atoms with Crippen molar-refractivity contribution in [3.8, 4) is 17.2 Å². The van der Waals surface area contributed by atoms with E-state index in [0.29, 0.717) is 39.6 Å². The summed E-state index contributed by atoms with van der Waals surface area (Å²) in [5, 5.41) is 0. The summed E-state index contributed by atoms with van der Waals surface area (Å²) < 4.78 is 11.3. The van der Waals surface area contributed by atoms with Crippen LogP contribution in [0.4, 0.5) is 11.4 Å². The first-order valence-corrected chi connectivity index (χ1v) is 16.7. The molecule has 0 saturated heterocycles. The molecule has 8 nitrogen and oxygen atoms in total. The maximum absolute atomic E-state index is 13.1. The quantitative estimate of drug-likeness (QED) is 0.0677. The highest BCUT2D eigenvalue weighted by molar-refractivity contribution is 6.34. The van der Waals surface area contributed by atoms with E-state index in [1.54, 1.807) is 50.4 Å². The van der Waals surface area contributed by atoms with Crippen molar-refractivity contribution in [1.29, 1.82) is 0 Å². The third-order valence-corrected chi connectivity index (χ3v) is 8.99.